The van der Waals surface area contributed by atoms with Crippen LogP contribution in [0.2, 0.25) is 0 Å². The normalized spacial score (nSPS) is 15.0. The number of carbonyl (C=O) groups excluding carboxylic acids is 1. The number of anilines is 1. The van der Waals surface area contributed by atoms with Crippen LogP contribution in [0, 0.1) is 6.92 Å². The van der Waals surface area contributed by atoms with Crippen LogP contribution in [0.3, 0.4) is 0 Å². The molecule has 6 nitrogen and oxygen atoms in total. The van der Waals surface area contributed by atoms with Crippen molar-refractivity contribution in [3.63, 3.8) is 0 Å². The van der Waals surface area contributed by atoms with Crippen molar-refractivity contribution in [1.29, 1.82) is 0 Å². The summed E-state index contributed by atoms with van der Waals surface area (Å²) >= 11 is 1.74. The Bertz CT molecular complexity index is 952. The quantitative estimate of drug-likeness (QED) is 0.712. The molecule has 1 fully saturated rings. The van der Waals surface area contributed by atoms with E-state index in [4.69, 9.17) is 4.98 Å². The first kappa shape index (κ1) is 17.0. The van der Waals surface area contributed by atoms with E-state index in [-0.39, 0.29) is 5.91 Å². The molecule has 136 valence electrons. The zero-order chi connectivity index (χ0) is 18.3. The molecule has 3 heterocycles. The largest absolute Gasteiger partial charge is 0.345 e. The number of amides is 1. The van der Waals surface area contributed by atoms with Crippen molar-refractivity contribution < 1.29 is 4.79 Å². The lowest BCUT2D eigenvalue weighted by Crippen LogP contribution is -2.49. The van der Waals surface area contributed by atoms with Crippen molar-refractivity contribution in [2.45, 2.75) is 20.3 Å². The average molecular weight is 369 g/mol. The van der Waals surface area contributed by atoms with E-state index in [0.29, 0.717) is 18.8 Å². The Hall–Kier alpha value is -2.41. The number of hydrogen-bond donors (Lipinski definition) is 0. The summed E-state index contributed by atoms with van der Waals surface area (Å²) in [5.41, 5.74) is 3.89. The number of aromatic nitrogens is 3. The van der Waals surface area contributed by atoms with Gasteiger partial charge in [0.15, 0.2) is 10.8 Å². The number of hydrogen-bond acceptors (Lipinski definition) is 5. The highest BCUT2D eigenvalue weighted by Crippen LogP contribution is 2.30. The molecule has 0 spiro atoms. The van der Waals surface area contributed by atoms with Crippen molar-refractivity contribution in [2.75, 3.05) is 31.1 Å². The Morgan fingerprint density at radius 1 is 1.23 bits per heavy atom. The van der Waals surface area contributed by atoms with E-state index in [0.717, 1.165) is 35.7 Å². The maximum Gasteiger partial charge on any atom is 0.274 e. The van der Waals surface area contributed by atoms with Crippen molar-refractivity contribution in [2.24, 2.45) is 7.05 Å². The molecule has 1 saturated heterocycles. The van der Waals surface area contributed by atoms with E-state index in [1.807, 2.05) is 25.1 Å². The Morgan fingerprint density at radius 3 is 2.65 bits per heavy atom. The van der Waals surface area contributed by atoms with Gasteiger partial charge < -0.3 is 9.80 Å². The van der Waals surface area contributed by atoms with Crippen LogP contribution in [0.5, 0.6) is 0 Å². The van der Waals surface area contributed by atoms with Gasteiger partial charge in [0, 0.05) is 45.0 Å². The van der Waals surface area contributed by atoms with Crippen molar-refractivity contribution in [3.8, 4) is 0 Å². The lowest BCUT2D eigenvalue weighted by molar-refractivity contribution is 0.0739. The van der Waals surface area contributed by atoms with E-state index in [1.165, 1.54) is 10.3 Å². The van der Waals surface area contributed by atoms with Gasteiger partial charge in [-0.1, -0.05) is 24.3 Å². The summed E-state index contributed by atoms with van der Waals surface area (Å²) in [6.07, 6.45) is 2.92. The van der Waals surface area contributed by atoms with Gasteiger partial charge in [0.1, 0.15) is 0 Å². The minimum Gasteiger partial charge on any atom is -0.345 e. The van der Waals surface area contributed by atoms with Crippen LogP contribution in [0.25, 0.3) is 10.2 Å². The van der Waals surface area contributed by atoms with Crippen molar-refractivity contribution in [3.05, 3.63) is 41.2 Å². The fourth-order valence-corrected chi connectivity index (χ4v) is 4.46. The van der Waals surface area contributed by atoms with E-state index in [2.05, 4.69) is 35.1 Å². The van der Waals surface area contributed by atoms with Gasteiger partial charge in [-0.15, -0.1) is 0 Å². The standard InChI is InChI=1S/C19H23N5OS/c1-4-14-5-6-15-16(11-14)26-19(20-15)24-9-7-23(8-10-24)18(25)17-13(2)12-22(3)21-17/h5-6,11-12H,4,7-10H2,1-3H3. The Labute approximate surface area is 157 Å². The first-order valence-corrected chi connectivity index (χ1v) is 9.80. The van der Waals surface area contributed by atoms with Crippen LogP contribution in [-0.4, -0.2) is 51.8 Å². The van der Waals surface area contributed by atoms with Crippen LogP contribution in [0.1, 0.15) is 28.5 Å². The molecule has 0 radical (unpaired) electrons. The number of rotatable bonds is 3. The minimum atomic E-state index is 0.0274. The number of fused-ring (bicyclic) bond motifs is 1. The maximum absolute atomic E-state index is 12.7. The number of thiazole rings is 1. The second-order valence-corrected chi connectivity index (χ2v) is 7.77. The molecule has 26 heavy (non-hydrogen) atoms. The third kappa shape index (κ3) is 3.07. The SMILES string of the molecule is CCc1ccc2nc(N3CCN(C(=O)c4nn(C)cc4C)CC3)sc2c1. The number of aryl methyl sites for hydroxylation is 3. The monoisotopic (exact) mass is 369 g/mol. The van der Waals surface area contributed by atoms with Gasteiger partial charge in [-0.3, -0.25) is 9.48 Å². The minimum absolute atomic E-state index is 0.0274. The van der Waals surface area contributed by atoms with Crippen LogP contribution >= 0.6 is 11.3 Å². The summed E-state index contributed by atoms with van der Waals surface area (Å²) in [5, 5.41) is 5.36. The summed E-state index contributed by atoms with van der Waals surface area (Å²) in [6.45, 7) is 7.11. The maximum atomic E-state index is 12.7. The van der Waals surface area contributed by atoms with Crippen molar-refractivity contribution >= 4 is 32.6 Å². The van der Waals surface area contributed by atoms with Gasteiger partial charge in [-0.25, -0.2) is 4.98 Å². The summed E-state index contributed by atoms with van der Waals surface area (Å²) in [6, 6.07) is 6.50. The van der Waals surface area contributed by atoms with E-state index in [9.17, 15) is 4.79 Å². The van der Waals surface area contributed by atoms with Gasteiger partial charge in [-0.2, -0.15) is 5.10 Å². The molecular formula is C19H23N5OS. The first-order chi connectivity index (χ1) is 12.5. The van der Waals surface area contributed by atoms with Crippen molar-refractivity contribution in [1.82, 2.24) is 19.7 Å². The Balaban J connectivity index is 1.46. The molecule has 4 rings (SSSR count). The molecule has 1 aliphatic rings. The fraction of sp³-hybridized carbons (Fsp3) is 0.421. The second kappa shape index (κ2) is 6.72. The third-order valence-electron chi connectivity index (χ3n) is 4.90. The van der Waals surface area contributed by atoms with Gasteiger partial charge in [0.25, 0.3) is 5.91 Å². The zero-order valence-electron chi connectivity index (χ0n) is 15.4. The molecule has 1 amide bonds. The van der Waals surface area contributed by atoms with E-state index >= 15 is 0 Å². The van der Waals surface area contributed by atoms with E-state index in [1.54, 1.807) is 16.0 Å². The molecule has 0 unspecified atom stereocenters. The predicted octanol–water partition coefficient (Wildman–Crippen LogP) is 2.86. The molecule has 1 aromatic carbocycles. The van der Waals surface area contributed by atoms with Crippen LogP contribution in [0.15, 0.2) is 24.4 Å². The molecule has 0 atom stereocenters. The molecule has 1 aliphatic heterocycles. The van der Waals surface area contributed by atoms with E-state index < -0.39 is 0 Å². The molecule has 0 saturated carbocycles. The Morgan fingerprint density at radius 2 is 2.00 bits per heavy atom. The van der Waals surface area contributed by atoms with Gasteiger partial charge in [0.05, 0.1) is 10.2 Å². The molecular weight excluding hydrogens is 346 g/mol. The second-order valence-electron chi connectivity index (χ2n) is 6.77. The number of carbonyl (C=O) groups is 1. The number of benzene rings is 1. The topological polar surface area (TPSA) is 54.3 Å². The predicted molar refractivity (Wildman–Crippen MR) is 105 cm³/mol. The van der Waals surface area contributed by atoms with Crippen LogP contribution in [0.4, 0.5) is 5.13 Å². The molecule has 0 N–H and O–H groups in total. The fourth-order valence-electron chi connectivity index (χ4n) is 3.38. The lowest BCUT2D eigenvalue weighted by Gasteiger charge is -2.34. The van der Waals surface area contributed by atoms with Crippen LogP contribution < -0.4 is 4.90 Å². The molecule has 0 aliphatic carbocycles. The highest BCUT2D eigenvalue weighted by molar-refractivity contribution is 7.22. The summed E-state index contributed by atoms with van der Waals surface area (Å²) in [7, 11) is 1.85. The Kier molecular flexibility index (Phi) is 4.40. The smallest absolute Gasteiger partial charge is 0.274 e. The molecule has 2 aromatic heterocycles. The van der Waals surface area contributed by atoms with Gasteiger partial charge >= 0.3 is 0 Å². The van der Waals surface area contributed by atoms with Gasteiger partial charge in [0.2, 0.25) is 0 Å². The molecule has 0 bridgehead atoms. The van der Waals surface area contributed by atoms with Crippen LogP contribution in [-0.2, 0) is 13.5 Å². The summed E-state index contributed by atoms with van der Waals surface area (Å²) in [4.78, 5) is 21.7. The average Bonchev–Trinajstić information content (AvgIpc) is 3.23. The van der Waals surface area contributed by atoms with Gasteiger partial charge in [-0.05, 0) is 31.0 Å². The highest BCUT2D eigenvalue weighted by atomic mass is 32.1. The third-order valence-corrected chi connectivity index (χ3v) is 5.98. The summed E-state index contributed by atoms with van der Waals surface area (Å²) < 4.78 is 2.94. The first-order valence-electron chi connectivity index (χ1n) is 8.99. The highest BCUT2D eigenvalue weighted by Gasteiger charge is 2.26. The lowest BCUT2D eigenvalue weighted by atomic mass is 10.2. The molecule has 3 aromatic rings. The zero-order valence-corrected chi connectivity index (χ0v) is 16.2. The summed E-state index contributed by atoms with van der Waals surface area (Å²) in [5.74, 6) is 0.0274. The molecule has 7 heteroatoms. The number of nitrogens with zero attached hydrogens (tertiary/aromatic N) is 5. The number of piperazine rings is 1.